The normalized spacial score (nSPS) is 20.3. The summed E-state index contributed by atoms with van der Waals surface area (Å²) >= 11 is 12.2. The molecular formula is C17H20Cl2N2O3. The summed E-state index contributed by atoms with van der Waals surface area (Å²) in [7, 11) is 0. The maximum Gasteiger partial charge on any atom is 0.319 e. The Hall–Kier alpha value is -1.72. The Balaban J connectivity index is 2.22. The van der Waals surface area contributed by atoms with Crippen molar-refractivity contribution >= 4 is 35.2 Å². The van der Waals surface area contributed by atoms with Crippen molar-refractivity contribution < 1.29 is 14.3 Å². The molecule has 0 bridgehead atoms. The minimum atomic E-state index is -0.761. The van der Waals surface area contributed by atoms with Crippen molar-refractivity contribution in [1.29, 1.82) is 0 Å². The van der Waals surface area contributed by atoms with E-state index in [1.54, 1.807) is 18.2 Å². The number of unbranched alkanes of at least 4 members (excludes halogenated alkanes) is 2. The van der Waals surface area contributed by atoms with Gasteiger partial charge in [0, 0.05) is 15.7 Å². The van der Waals surface area contributed by atoms with Crippen LogP contribution in [-0.4, -0.2) is 18.6 Å². The third-order valence-electron chi connectivity index (χ3n) is 3.81. The van der Waals surface area contributed by atoms with Gasteiger partial charge in [-0.25, -0.2) is 4.79 Å². The van der Waals surface area contributed by atoms with Crippen LogP contribution < -0.4 is 10.6 Å². The molecule has 1 aliphatic heterocycles. The first kappa shape index (κ1) is 18.6. The average molecular weight is 371 g/mol. The summed E-state index contributed by atoms with van der Waals surface area (Å²) in [6, 6.07) is 3.81. The van der Waals surface area contributed by atoms with Crippen LogP contribution in [0.2, 0.25) is 10.0 Å². The van der Waals surface area contributed by atoms with Gasteiger partial charge in [-0.1, -0.05) is 55.6 Å². The van der Waals surface area contributed by atoms with Crippen LogP contribution in [0.25, 0.3) is 0 Å². The number of rotatable bonds is 6. The van der Waals surface area contributed by atoms with Crippen molar-refractivity contribution in [1.82, 2.24) is 10.6 Å². The molecule has 2 amide bonds. The van der Waals surface area contributed by atoms with Crippen molar-refractivity contribution in [3.05, 3.63) is 46.1 Å². The molecule has 0 radical (unpaired) electrons. The quantitative estimate of drug-likeness (QED) is 0.582. The number of hydrogen-bond acceptors (Lipinski definition) is 3. The van der Waals surface area contributed by atoms with Gasteiger partial charge in [0.05, 0.1) is 12.6 Å². The van der Waals surface area contributed by atoms with Gasteiger partial charge >= 0.3 is 12.0 Å². The van der Waals surface area contributed by atoms with E-state index in [1.165, 1.54) is 0 Å². The van der Waals surface area contributed by atoms with Crippen LogP contribution in [0, 0.1) is 5.92 Å². The predicted octanol–water partition coefficient (Wildman–Crippen LogP) is 4.21. The maximum absolute atomic E-state index is 12.5. The SMILES string of the molecule is C=C1NC(=O)N[C@@H](c2ccc(Cl)cc2Cl)[C@@H]1C(=O)OCCCCC. The number of esters is 1. The molecule has 2 atom stereocenters. The van der Waals surface area contributed by atoms with E-state index in [0.717, 1.165) is 19.3 Å². The summed E-state index contributed by atoms with van der Waals surface area (Å²) < 4.78 is 5.34. The molecule has 5 nitrogen and oxygen atoms in total. The standard InChI is InChI=1S/C17H20Cl2N2O3/c1-3-4-5-8-24-16(22)14-10(2)20-17(23)21-15(14)12-7-6-11(18)9-13(12)19/h6-7,9,14-15H,2-5,8H2,1H3,(H2,20,21,23)/t14-,15+/m1/s1. The number of ether oxygens (including phenoxy) is 1. The highest BCUT2D eigenvalue weighted by Crippen LogP contribution is 2.35. The molecule has 0 unspecified atom stereocenters. The van der Waals surface area contributed by atoms with E-state index in [-0.39, 0.29) is 5.70 Å². The van der Waals surface area contributed by atoms with Crippen LogP contribution in [0.3, 0.4) is 0 Å². The first-order chi connectivity index (χ1) is 11.4. The van der Waals surface area contributed by atoms with Crippen molar-refractivity contribution in [2.24, 2.45) is 5.92 Å². The van der Waals surface area contributed by atoms with Gasteiger partial charge in [-0.15, -0.1) is 0 Å². The number of urea groups is 1. The van der Waals surface area contributed by atoms with Gasteiger partial charge in [0.2, 0.25) is 0 Å². The Morgan fingerprint density at radius 2 is 2.08 bits per heavy atom. The molecule has 7 heteroatoms. The fourth-order valence-electron chi connectivity index (χ4n) is 2.59. The van der Waals surface area contributed by atoms with Gasteiger partial charge < -0.3 is 15.4 Å². The van der Waals surface area contributed by atoms with E-state index in [1.807, 2.05) is 0 Å². The van der Waals surface area contributed by atoms with Crippen LogP contribution in [0.5, 0.6) is 0 Å². The van der Waals surface area contributed by atoms with Crippen molar-refractivity contribution in [2.45, 2.75) is 32.2 Å². The fraction of sp³-hybridized carbons (Fsp3) is 0.412. The van der Waals surface area contributed by atoms with Crippen molar-refractivity contribution in [2.75, 3.05) is 6.61 Å². The number of amides is 2. The van der Waals surface area contributed by atoms with E-state index in [0.29, 0.717) is 22.2 Å². The second kappa shape index (κ2) is 8.40. The van der Waals surface area contributed by atoms with Gasteiger partial charge in [-0.05, 0) is 24.1 Å². The molecule has 2 rings (SSSR count). The lowest BCUT2D eigenvalue weighted by Gasteiger charge is -2.33. The molecule has 0 aromatic heterocycles. The fourth-order valence-corrected chi connectivity index (χ4v) is 3.12. The predicted molar refractivity (Wildman–Crippen MR) is 94.0 cm³/mol. The van der Waals surface area contributed by atoms with Crippen LogP contribution in [-0.2, 0) is 9.53 Å². The number of nitrogens with one attached hydrogen (secondary N) is 2. The van der Waals surface area contributed by atoms with E-state index in [4.69, 9.17) is 27.9 Å². The third kappa shape index (κ3) is 4.42. The second-order valence-corrected chi connectivity index (χ2v) is 6.46. The monoisotopic (exact) mass is 370 g/mol. The highest BCUT2D eigenvalue weighted by Gasteiger charge is 2.39. The van der Waals surface area contributed by atoms with Crippen LogP contribution in [0.15, 0.2) is 30.5 Å². The summed E-state index contributed by atoms with van der Waals surface area (Å²) in [4.78, 5) is 24.3. The summed E-state index contributed by atoms with van der Waals surface area (Å²) in [5.41, 5.74) is 0.878. The van der Waals surface area contributed by atoms with Crippen LogP contribution in [0.4, 0.5) is 4.79 Å². The molecule has 0 aliphatic carbocycles. The molecule has 0 spiro atoms. The number of hydrogen-bond donors (Lipinski definition) is 2. The molecule has 1 aliphatic rings. The average Bonchev–Trinajstić information content (AvgIpc) is 2.50. The molecule has 1 aromatic carbocycles. The van der Waals surface area contributed by atoms with Crippen LogP contribution >= 0.6 is 23.2 Å². The van der Waals surface area contributed by atoms with Crippen LogP contribution in [0.1, 0.15) is 37.8 Å². The Labute approximate surface area is 151 Å². The first-order valence-corrected chi connectivity index (χ1v) is 8.57. The molecule has 2 N–H and O–H groups in total. The minimum Gasteiger partial charge on any atom is -0.465 e. The summed E-state index contributed by atoms with van der Waals surface area (Å²) in [6.45, 7) is 6.20. The second-order valence-electron chi connectivity index (χ2n) is 5.62. The molecule has 1 aromatic rings. The first-order valence-electron chi connectivity index (χ1n) is 7.82. The molecule has 24 heavy (non-hydrogen) atoms. The lowest BCUT2D eigenvalue weighted by Crippen LogP contribution is -2.51. The molecule has 1 saturated heterocycles. The van der Waals surface area contributed by atoms with Gasteiger partial charge in [0.1, 0.15) is 5.92 Å². The molecule has 1 heterocycles. The van der Waals surface area contributed by atoms with Gasteiger partial charge in [-0.2, -0.15) is 0 Å². The Bertz CT molecular complexity index is 649. The van der Waals surface area contributed by atoms with Crippen molar-refractivity contribution in [3.8, 4) is 0 Å². The zero-order chi connectivity index (χ0) is 17.7. The van der Waals surface area contributed by atoms with Gasteiger partial charge in [-0.3, -0.25) is 4.79 Å². The lowest BCUT2D eigenvalue weighted by molar-refractivity contribution is -0.148. The largest absolute Gasteiger partial charge is 0.465 e. The minimum absolute atomic E-state index is 0.287. The van der Waals surface area contributed by atoms with E-state index < -0.39 is 24.0 Å². The van der Waals surface area contributed by atoms with Gasteiger partial charge in [0.15, 0.2) is 0 Å². The van der Waals surface area contributed by atoms with Crippen molar-refractivity contribution in [3.63, 3.8) is 0 Å². The highest BCUT2D eigenvalue weighted by molar-refractivity contribution is 6.35. The zero-order valence-electron chi connectivity index (χ0n) is 13.4. The van der Waals surface area contributed by atoms with E-state index >= 15 is 0 Å². The molecule has 130 valence electrons. The summed E-state index contributed by atoms with van der Waals surface area (Å²) in [5.74, 6) is -1.21. The Morgan fingerprint density at radius 3 is 2.75 bits per heavy atom. The number of carbonyl (C=O) groups is 2. The summed E-state index contributed by atoms with van der Waals surface area (Å²) in [6.07, 6.45) is 2.82. The molecule has 1 fully saturated rings. The number of carbonyl (C=O) groups excluding carboxylic acids is 2. The Kier molecular flexibility index (Phi) is 6.52. The highest BCUT2D eigenvalue weighted by atomic mass is 35.5. The van der Waals surface area contributed by atoms with E-state index in [2.05, 4.69) is 24.1 Å². The van der Waals surface area contributed by atoms with Gasteiger partial charge in [0.25, 0.3) is 0 Å². The number of halogens is 2. The molecular weight excluding hydrogens is 351 g/mol. The maximum atomic E-state index is 12.5. The third-order valence-corrected chi connectivity index (χ3v) is 4.38. The topological polar surface area (TPSA) is 67.4 Å². The molecule has 0 saturated carbocycles. The lowest BCUT2D eigenvalue weighted by atomic mass is 9.89. The smallest absolute Gasteiger partial charge is 0.319 e. The Morgan fingerprint density at radius 1 is 1.33 bits per heavy atom. The zero-order valence-corrected chi connectivity index (χ0v) is 14.9. The number of benzene rings is 1. The van der Waals surface area contributed by atoms with E-state index in [9.17, 15) is 9.59 Å². The summed E-state index contributed by atoms with van der Waals surface area (Å²) in [5, 5.41) is 6.09.